The van der Waals surface area contributed by atoms with E-state index in [2.05, 4.69) is 146 Å². The van der Waals surface area contributed by atoms with Crippen LogP contribution < -0.4 is 14.4 Å². The summed E-state index contributed by atoms with van der Waals surface area (Å²) in [5.41, 5.74) is 12.9. The van der Waals surface area contributed by atoms with Crippen molar-refractivity contribution < 1.29 is 18.3 Å². The van der Waals surface area contributed by atoms with Crippen molar-refractivity contribution in [2.24, 2.45) is 0 Å². The van der Waals surface area contributed by atoms with E-state index in [1.807, 2.05) is 48.5 Å². The second kappa shape index (κ2) is 15.0. The molecule has 2 heterocycles. The Hall–Kier alpha value is -6.98. The Balaban J connectivity index is 1.04. The van der Waals surface area contributed by atoms with Crippen LogP contribution in [0.1, 0.15) is 53.2 Å². The fourth-order valence-electron chi connectivity index (χ4n) is 7.64. The van der Waals surface area contributed by atoms with E-state index in [0.29, 0.717) is 13.2 Å². The smallest absolute Gasteiger partial charge is 0.146 e. The van der Waals surface area contributed by atoms with Crippen molar-refractivity contribution in [3.8, 4) is 22.6 Å². The number of benzene rings is 6. The molecule has 8 aromatic rings. The lowest BCUT2D eigenvalue weighted by Crippen LogP contribution is -2.16. The Kier molecular flexibility index (Phi) is 9.34. The Morgan fingerprint density at radius 2 is 1.05 bits per heavy atom. The lowest BCUT2D eigenvalue weighted by Gasteiger charge is -2.28. The van der Waals surface area contributed by atoms with E-state index in [1.165, 1.54) is 22.3 Å². The van der Waals surface area contributed by atoms with E-state index in [1.54, 1.807) is 12.5 Å². The molecule has 2 aromatic heterocycles. The predicted molar refractivity (Wildman–Crippen MR) is 225 cm³/mol. The van der Waals surface area contributed by atoms with Crippen LogP contribution in [-0.4, -0.2) is 0 Å². The van der Waals surface area contributed by atoms with Gasteiger partial charge in [-0.2, -0.15) is 0 Å². The van der Waals surface area contributed by atoms with Crippen LogP contribution in [0.25, 0.3) is 22.8 Å². The molecule has 1 aliphatic carbocycles. The zero-order chi connectivity index (χ0) is 37.9. The van der Waals surface area contributed by atoms with E-state index < -0.39 is 0 Å². The van der Waals surface area contributed by atoms with Crippen LogP contribution in [0, 0.1) is 0 Å². The maximum absolute atomic E-state index is 6.00. The standard InChI is InChI=1S/C51H41NO4/c1-51(2)49-15-7-6-14-46(49)47-29-24-41(33-50(47)51)52(39-10-4-3-5-11-39)40-22-16-36(17-23-40)32-48(37-18-25-42(26-19-37)55-34-44-12-8-30-53-44)38-20-27-43(28-21-38)56-35-45-13-9-31-54-45/h3-33H,34-35H2,1-2H3. The van der Waals surface area contributed by atoms with Crippen LogP contribution >= 0.6 is 0 Å². The highest BCUT2D eigenvalue weighted by Crippen LogP contribution is 2.50. The normalized spacial score (nSPS) is 12.4. The molecular weight excluding hydrogens is 691 g/mol. The Bertz CT molecular complexity index is 2480. The molecule has 0 atom stereocenters. The quantitative estimate of drug-likeness (QED) is 0.117. The Morgan fingerprint density at radius 3 is 1.64 bits per heavy atom. The third-order valence-electron chi connectivity index (χ3n) is 10.6. The lowest BCUT2D eigenvalue weighted by molar-refractivity contribution is 0.270. The largest absolute Gasteiger partial charge is 0.486 e. The van der Waals surface area contributed by atoms with Gasteiger partial charge in [-0.3, -0.25) is 0 Å². The average molecular weight is 732 g/mol. The van der Waals surface area contributed by atoms with Crippen LogP contribution in [0.5, 0.6) is 11.5 Å². The number of rotatable bonds is 12. The molecule has 0 bridgehead atoms. The highest BCUT2D eigenvalue weighted by Gasteiger charge is 2.35. The van der Waals surface area contributed by atoms with Crippen molar-refractivity contribution in [3.05, 3.63) is 222 Å². The van der Waals surface area contributed by atoms with Gasteiger partial charge in [-0.25, -0.2) is 0 Å². The van der Waals surface area contributed by atoms with Crippen LogP contribution in [-0.2, 0) is 18.6 Å². The van der Waals surface area contributed by atoms with Crippen molar-refractivity contribution in [1.82, 2.24) is 0 Å². The van der Waals surface area contributed by atoms with Crippen molar-refractivity contribution in [1.29, 1.82) is 0 Å². The van der Waals surface area contributed by atoms with Crippen molar-refractivity contribution in [2.45, 2.75) is 32.5 Å². The highest BCUT2D eigenvalue weighted by molar-refractivity contribution is 5.92. The average Bonchev–Trinajstić information content (AvgIpc) is 4.02. The minimum Gasteiger partial charge on any atom is -0.486 e. The monoisotopic (exact) mass is 731 g/mol. The molecule has 0 spiro atoms. The zero-order valence-corrected chi connectivity index (χ0v) is 31.4. The van der Waals surface area contributed by atoms with Gasteiger partial charge in [0.15, 0.2) is 0 Å². The summed E-state index contributed by atoms with van der Waals surface area (Å²) in [6.45, 7) is 5.40. The third-order valence-corrected chi connectivity index (χ3v) is 10.6. The Morgan fingerprint density at radius 1 is 0.518 bits per heavy atom. The molecule has 274 valence electrons. The summed E-state index contributed by atoms with van der Waals surface area (Å²) in [6, 6.07) is 59.1. The van der Waals surface area contributed by atoms with Crippen LogP contribution in [0.15, 0.2) is 191 Å². The number of fused-ring (bicyclic) bond motifs is 3. The summed E-state index contributed by atoms with van der Waals surface area (Å²) in [5, 5.41) is 0. The molecule has 0 saturated carbocycles. The number of hydrogen-bond acceptors (Lipinski definition) is 5. The summed E-state index contributed by atoms with van der Waals surface area (Å²) in [5.74, 6) is 3.11. The second-order valence-corrected chi connectivity index (χ2v) is 14.5. The van der Waals surface area contributed by atoms with Gasteiger partial charge in [-0.05, 0) is 136 Å². The number of nitrogens with zero attached hydrogens (tertiary/aromatic N) is 1. The molecule has 0 radical (unpaired) electrons. The van der Waals surface area contributed by atoms with E-state index in [9.17, 15) is 0 Å². The molecule has 6 aromatic carbocycles. The minimum absolute atomic E-state index is 0.0944. The first-order valence-electron chi connectivity index (χ1n) is 18.9. The fourth-order valence-corrected chi connectivity index (χ4v) is 7.64. The van der Waals surface area contributed by atoms with Crippen molar-refractivity contribution in [2.75, 3.05) is 4.90 Å². The molecule has 9 rings (SSSR count). The third kappa shape index (κ3) is 7.03. The summed E-state index contributed by atoms with van der Waals surface area (Å²) < 4.78 is 22.9. The van der Waals surface area contributed by atoms with E-state index in [4.69, 9.17) is 18.3 Å². The van der Waals surface area contributed by atoms with E-state index in [0.717, 1.165) is 62.3 Å². The molecule has 0 aliphatic heterocycles. The van der Waals surface area contributed by atoms with Crippen molar-refractivity contribution in [3.63, 3.8) is 0 Å². The number of ether oxygens (including phenoxy) is 2. The topological polar surface area (TPSA) is 48.0 Å². The fraction of sp³-hybridized carbons (Fsp3) is 0.0980. The van der Waals surface area contributed by atoms with Gasteiger partial charge < -0.3 is 23.2 Å². The van der Waals surface area contributed by atoms with Crippen molar-refractivity contribution >= 4 is 28.7 Å². The first-order valence-corrected chi connectivity index (χ1v) is 18.9. The zero-order valence-electron chi connectivity index (χ0n) is 31.4. The molecule has 1 aliphatic rings. The highest BCUT2D eigenvalue weighted by atomic mass is 16.5. The molecule has 5 nitrogen and oxygen atoms in total. The predicted octanol–water partition coefficient (Wildman–Crippen LogP) is 13.4. The molecule has 0 N–H and O–H groups in total. The van der Waals surface area contributed by atoms with Gasteiger partial charge in [-0.15, -0.1) is 0 Å². The van der Waals surface area contributed by atoms with Crippen LogP contribution in [0.4, 0.5) is 17.1 Å². The second-order valence-electron chi connectivity index (χ2n) is 14.5. The SMILES string of the molecule is CC1(C)c2ccccc2-c2ccc(N(c3ccccc3)c3ccc(C=C(c4ccc(OCc5ccco5)cc4)c4ccc(OCc5ccco5)cc4)cc3)cc21. The molecule has 56 heavy (non-hydrogen) atoms. The van der Waals surface area contributed by atoms with Gasteiger partial charge in [0.25, 0.3) is 0 Å². The molecule has 0 saturated heterocycles. The Labute approximate surface area is 327 Å². The number of furan rings is 2. The first-order chi connectivity index (χ1) is 27.5. The summed E-state index contributed by atoms with van der Waals surface area (Å²) >= 11 is 0. The van der Waals surface area contributed by atoms with Gasteiger partial charge in [0.1, 0.15) is 36.2 Å². The molecular formula is C51H41NO4. The summed E-state index contributed by atoms with van der Waals surface area (Å²) in [7, 11) is 0. The summed E-state index contributed by atoms with van der Waals surface area (Å²) in [6.07, 6.45) is 5.55. The van der Waals surface area contributed by atoms with Gasteiger partial charge in [0.05, 0.1) is 12.5 Å². The van der Waals surface area contributed by atoms with Gasteiger partial charge >= 0.3 is 0 Å². The molecule has 5 heteroatoms. The molecule has 0 fully saturated rings. The molecule has 0 unspecified atom stereocenters. The first kappa shape index (κ1) is 34.8. The number of hydrogen-bond donors (Lipinski definition) is 0. The minimum atomic E-state index is -0.0944. The summed E-state index contributed by atoms with van der Waals surface area (Å²) in [4.78, 5) is 2.34. The van der Waals surface area contributed by atoms with Crippen LogP contribution in [0.2, 0.25) is 0 Å². The van der Waals surface area contributed by atoms with Gasteiger partial charge in [0, 0.05) is 22.5 Å². The lowest BCUT2D eigenvalue weighted by atomic mass is 9.82. The van der Waals surface area contributed by atoms with Crippen LogP contribution in [0.3, 0.4) is 0 Å². The van der Waals surface area contributed by atoms with E-state index in [-0.39, 0.29) is 5.41 Å². The number of para-hydroxylation sites is 1. The van der Waals surface area contributed by atoms with E-state index >= 15 is 0 Å². The molecule has 0 amide bonds. The number of anilines is 3. The maximum atomic E-state index is 6.00. The maximum Gasteiger partial charge on any atom is 0.146 e. The van der Waals surface area contributed by atoms with Gasteiger partial charge in [0.2, 0.25) is 0 Å². The van der Waals surface area contributed by atoms with Gasteiger partial charge in [-0.1, -0.05) is 98.8 Å².